The molecule has 3 aromatic rings. The molecule has 6 nitrogen and oxygen atoms in total. The van der Waals surface area contributed by atoms with Crippen molar-refractivity contribution in [1.82, 2.24) is 15.0 Å². The summed E-state index contributed by atoms with van der Waals surface area (Å²) in [7, 11) is 0. The Morgan fingerprint density at radius 3 is 2.50 bits per heavy atom. The lowest BCUT2D eigenvalue weighted by molar-refractivity contribution is -0.115. The molecule has 0 saturated heterocycles. The van der Waals surface area contributed by atoms with Gasteiger partial charge in [-0.05, 0) is 42.3 Å². The second-order valence-electron chi connectivity index (χ2n) is 6.22. The molecule has 1 amide bonds. The van der Waals surface area contributed by atoms with Crippen molar-refractivity contribution >= 4 is 46.4 Å². The van der Waals surface area contributed by atoms with E-state index in [0.29, 0.717) is 38.6 Å². The molecule has 0 atom stereocenters. The van der Waals surface area contributed by atoms with Gasteiger partial charge in [0.2, 0.25) is 5.91 Å². The van der Waals surface area contributed by atoms with Crippen LogP contribution in [0.2, 0.25) is 15.1 Å². The lowest BCUT2D eigenvalue weighted by Crippen LogP contribution is -2.16. The van der Waals surface area contributed by atoms with E-state index in [1.807, 2.05) is 13.0 Å². The first kappa shape index (κ1) is 20.6. The maximum absolute atomic E-state index is 12.4. The van der Waals surface area contributed by atoms with E-state index < -0.39 is 0 Å². The maximum atomic E-state index is 12.4. The number of hydrogen-bond acceptors (Lipinski definition) is 4. The van der Waals surface area contributed by atoms with Crippen LogP contribution in [0.15, 0.2) is 36.4 Å². The van der Waals surface area contributed by atoms with Gasteiger partial charge in [0, 0.05) is 0 Å². The summed E-state index contributed by atoms with van der Waals surface area (Å²) >= 11 is 18.1. The van der Waals surface area contributed by atoms with Crippen molar-refractivity contribution in [1.29, 1.82) is 0 Å². The third kappa shape index (κ3) is 4.83. The lowest BCUT2D eigenvalue weighted by Gasteiger charge is -2.09. The fraction of sp³-hybridized carbons (Fsp3) is 0.211. The fourth-order valence-electron chi connectivity index (χ4n) is 2.63. The molecule has 0 aliphatic carbocycles. The van der Waals surface area contributed by atoms with Crippen LogP contribution in [0.4, 0.5) is 5.69 Å². The van der Waals surface area contributed by atoms with E-state index in [1.54, 1.807) is 35.0 Å². The summed E-state index contributed by atoms with van der Waals surface area (Å²) in [5.41, 5.74) is 3.36. The third-order valence-electron chi connectivity index (χ3n) is 4.21. The monoisotopic (exact) mass is 438 g/mol. The first-order chi connectivity index (χ1) is 13.4. The second-order valence-corrected chi connectivity index (χ2v) is 7.45. The highest BCUT2D eigenvalue weighted by Crippen LogP contribution is 2.24. The van der Waals surface area contributed by atoms with Crippen molar-refractivity contribution in [2.75, 3.05) is 5.32 Å². The molecular weight excluding hydrogens is 423 g/mol. The molecule has 9 heteroatoms. The molecule has 0 bridgehead atoms. The molecule has 0 unspecified atom stereocenters. The third-order valence-corrected chi connectivity index (χ3v) is 5.28. The van der Waals surface area contributed by atoms with Crippen LogP contribution in [0.1, 0.15) is 22.5 Å². The highest BCUT2D eigenvalue weighted by molar-refractivity contribution is 6.42. The molecule has 0 aliphatic heterocycles. The number of aliphatic hydroxyl groups is 1. The Hall–Kier alpha value is -2.12. The summed E-state index contributed by atoms with van der Waals surface area (Å²) in [5.74, 6) is -0.276. The highest BCUT2D eigenvalue weighted by Gasteiger charge is 2.15. The SMILES string of the molecule is Cc1c(CC(=O)Nc2cc(CO)ccc2Cl)nnn1Cc1ccc(Cl)c(Cl)c1. The van der Waals surface area contributed by atoms with Gasteiger partial charge in [0.05, 0.1) is 51.7 Å². The summed E-state index contributed by atoms with van der Waals surface area (Å²) in [6.07, 6.45) is 0.0485. The Bertz CT molecular complexity index is 1020. The zero-order valence-electron chi connectivity index (χ0n) is 14.9. The fourth-order valence-corrected chi connectivity index (χ4v) is 3.12. The van der Waals surface area contributed by atoms with Crippen molar-refractivity contribution in [3.8, 4) is 0 Å². The lowest BCUT2D eigenvalue weighted by atomic mass is 10.2. The van der Waals surface area contributed by atoms with Crippen molar-refractivity contribution in [3.05, 3.63) is 74.0 Å². The Kier molecular flexibility index (Phi) is 6.57. The Labute approximate surface area is 177 Å². The number of anilines is 1. The topological polar surface area (TPSA) is 80.0 Å². The number of benzene rings is 2. The van der Waals surface area contributed by atoms with Crippen LogP contribution in [0.3, 0.4) is 0 Å². The molecule has 28 heavy (non-hydrogen) atoms. The average Bonchev–Trinajstić information content (AvgIpc) is 3.00. The number of hydrogen-bond donors (Lipinski definition) is 2. The van der Waals surface area contributed by atoms with E-state index >= 15 is 0 Å². The molecule has 0 aliphatic rings. The van der Waals surface area contributed by atoms with Crippen molar-refractivity contribution in [2.45, 2.75) is 26.5 Å². The predicted octanol–water partition coefficient (Wildman–Crippen LogP) is 4.27. The summed E-state index contributed by atoms with van der Waals surface area (Å²) < 4.78 is 1.70. The number of carbonyl (C=O) groups excluding carboxylic acids is 1. The molecule has 2 N–H and O–H groups in total. The van der Waals surface area contributed by atoms with Gasteiger partial charge in [-0.1, -0.05) is 52.1 Å². The van der Waals surface area contributed by atoms with Crippen LogP contribution < -0.4 is 5.32 Å². The highest BCUT2D eigenvalue weighted by atomic mass is 35.5. The normalized spacial score (nSPS) is 10.9. The summed E-state index contributed by atoms with van der Waals surface area (Å²) in [5, 5.41) is 21.5. The van der Waals surface area contributed by atoms with Crippen molar-refractivity contribution in [2.24, 2.45) is 0 Å². The van der Waals surface area contributed by atoms with E-state index in [9.17, 15) is 9.90 Å². The Morgan fingerprint density at radius 1 is 1.07 bits per heavy atom. The molecular formula is C19H17Cl3N4O2. The minimum Gasteiger partial charge on any atom is -0.392 e. The molecule has 0 radical (unpaired) electrons. The van der Waals surface area contributed by atoms with Gasteiger partial charge in [0.1, 0.15) is 0 Å². The quantitative estimate of drug-likeness (QED) is 0.601. The zero-order valence-corrected chi connectivity index (χ0v) is 17.2. The van der Waals surface area contributed by atoms with E-state index in [1.165, 1.54) is 0 Å². The Morgan fingerprint density at radius 2 is 1.79 bits per heavy atom. The van der Waals surface area contributed by atoms with Crippen LogP contribution in [0.25, 0.3) is 0 Å². The molecule has 1 aromatic heterocycles. The number of nitrogens with one attached hydrogen (secondary N) is 1. The molecule has 0 fully saturated rings. The number of nitrogens with zero attached hydrogens (tertiary/aromatic N) is 3. The summed E-state index contributed by atoms with van der Waals surface area (Å²) in [4.78, 5) is 12.4. The summed E-state index contributed by atoms with van der Waals surface area (Å²) in [6.45, 7) is 2.17. The van der Waals surface area contributed by atoms with Crippen LogP contribution in [0.5, 0.6) is 0 Å². The smallest absolute Gasteiger partial charge is 0.230 e. The van der Waals surface area contributed by atoms with Crippen LogP contribution in [-0.4, -0.2) is 26.0 Å². The standard InChI is InChI=1S/C19H17Cl3N4O2/c1-11-17(8-19(28)23-18-7-13(10-27)3-5-15(18)21)24-25-26(11)9-12-2-4-14(20)16(22)6-12/h2-7,27H,8-10H2,1H3,(H,23,28). The van der Waals surface area contributed by atoms with Gasteiger partial charge in [0.25, 0.3) is 0 Å². The van der Waals surface area contributed by atoms with Gasteiger partial charge in [0.15, 0.2) is 0 Å². The van der Waals surface area contributed by atoms with E-state index in [0.717, 1.165) is 11.3 Å². The predicted molar refractivity (Wildman–Crippen MR) is 110 cm³/mol. The van der Waals surface area contributed by atoms with Gasteiger partial charge in [-0.25, -0.2) is 4.68 Å². The number of carbonyl (C=O) groups is 1. The number of rotatable bonds is 6. The van der Waals surface area contributed by atoms with Crippen LogP contribution in [-0.2, 0) is 24.4 Å². The van der Waals surface area contributed by atoms with E-state index in [4.69, 9.17) is 34.8 Å². The second kappa shape index (κ2) is 8.92. The van der Waals surface area contributed by atoms with Gasteiger partial charge in [-0.15, -0.1) is 5.10 Å². The minimum atomic E-state index is -0.276. The summed E-state index contributed by atoms with van der Waals surface area (Å²) in [6, 6.07) is 10.3. The average molecular weight is 440 g/mol. The van der Waals surface area contributed by atoms with Crippen molar-refractivity contribution in [3.63, 3.8) is 0 Å². The zero-order chi connectivity index (χ0) is 20.3. The first-order valence-electron chi connectivity index (χ1n) is 8.39. The molecule has 0 saturated carbocycles. The van der Waals surface area contributed by atoms with Gasteiger partial charge >= 0.3 is 0 Å². The molecule has 146 valence electrons. The van der Waals surface area contributed by atoms with Crippen LogP contribution in [0, 0.1) is 6.92 Å². The number of amides is 1. The largest absolute Gasteiger partial charge is 0.392 e. The van der Waals surface area contributed by atoms with Gasteiger partial charge in [-0.3, -0.25) is 4.79 Å². The molecule has 0 spiro atoms. The Balaban J connectivity index is 1.70. The molecule has 3 rings (SSSR count). The maximum Gasteiger partial charge on any atom is 0.230 e. The number of aliphatic hydroxyl groups excluding tert-OH is 1. The number of halogens is 3. The molecule has 1 heterocycles. The first-order valence-corrected chi connectivity index (χ1v) is 9.52. The van der Waals surface area contributed by atoms with E-state index in [-0.39, 0.29) is 18.9 Å². The van der Waals surface area contributed by atoms with Gasteiger partial charge < -0.3 is 10.4 Å². The molecule has 2 aromatic carbocycles. The minimum absolute atomic E-state index is 0.0485. The number of aromatic nitrogens is 3. The van der Waals surface area contributed by atoms with Gasteiger partial charge in [-0.2, -0.15) is 0 Å². The van der Waals surface area contributed by atoms with Crippen molar-refractivity contribution < 1.29 is 9.90 Å². The van der Waals surface area contributed by atoms with Crippen LogP contribution >= 0.6 is 34.8 Å². The van der Waals surface area contributed by atoms with E-state index in [2.05, 4.69) is 15.6 Å².